The maximum absolute atomic E-state index is 12.2. The molecule has 2 saturated carbocycles. The molecule has 0 atom stereocenters. The van der Waals surface area contributed by atoms with Crippen LogP contribution in [0.1, 0.15) is 45.4 Å². The summed E-state index contributed by atoms with van der Waals surface area (Å²) in [6.45, 7) is 6.75. The van der Waals surface area contributed by atoms with Gasteiger partial charge in [-0.15, -0.1) is 0 Å². The molecule has 3 aliphatic rings. The minimum absolute atomic E-state index is 0.148. The van der Waals surface area contributed by atoms with Gasteiger partial charge in [-0.1, -0.05) is 6.92 Å². The molecule has 2 N–H and O–H groups in total. The van der Waals surface area contributed by atoms with Gasteiger partial charge < -0.3 is 10.6 Å². The SMILES string of the molecule is CC1CCC(NC(=O)CN2CCN(CC(=O)NC3CC3)CC2)CC1. The molecular weight excluding hydrogens is 304 g/mol. The van der Waals surface area contributed by atoms with Crippen LogP contribution >= 0.6 is 0 Å². The van der Waals surface area contributed by atoms with Crippen molar-refractivity contribution in [3.63, 3.8) is 0 Å². The van der Waals surface area contributed by atoms with Crippen LogP contribution in [0.2, 0.25) is 0 Å². The lowest BCUT2D eigenvalue weighted by molar-refractivity contribution is -0.125. The summed E-state index contributed by atoms with van der Waals surface area (Å²) in [5.41, 5.74) is 0. The molecule has 0 aromatic carbocycles. The molecule has 0 unspecified atom stereocenters. The van der Waals surface area contributed by atoms with Gasteiger partial charge in [0.25, 0.3) is 0 Å². The van der Waals surface area contributed by atoms with E-state index in [9.17, 15) is 9.59 Å². The van der Waals surface area contributed by atoms with Crippen molar-refractivity contribution in [3.8, 4) is 0 Å². The summed E-state index contributed by atoms with van der Waals surface area (Å²) >= 11 is 0. The minimum atomic E-state index is 0.148. The summed E-state index contributed by atoms with van der Waals surface area (Å²) in [6.07, 6.45) is 6.97. The Kier molecular flexibility index (Phi) is 6.11. The topological polar surface area (TPSA) is 64.7 Å². The Labute approximate surface area is 145 Å². The number of nitrogens with one attached hydrogen (secondary N) is 2. The van der Waals surface area contributed by atoms with Gasteiger partial charge >= 0.3 is 0 Å². The zero-order chi connectivity index (χ0) is 16.9. The van der Waals surface area contributed by atoms with Crippen molar-refractivity contribution in [2.75, 3.05) is 39.3 Å². The van der Waals surface area contributed by atoms with Crippen LogP contribution in [0.4, 0.5) is 0 Å². The van der Waals surface area contributed by atoms with Gasteiger partial charge in [0.1, 0.15) is 0 Å². The number of hydrogen-bond acceptors (Lipinski definition) is 4. The van der Waals surface area contributed by atoms with Crippen LogP contribution in [0.25, 0.3) is 0 Å². The maximum Gasteiger partial charge on any atom is 0.234 e. The molecule has 6 heteroatoms. The van der Waals surface area contributed by atoms with Crippen LogP contribution in [0.3, 0.4) is 0 Å². The van der Waals surface area contributed by atoms with Crippen molar-refractivity contribution >= 4 is 11.8 Å². The van der Waals surface area contributed by atoms with Crippen molar-refractivity contribution in [1.82, 2.24) is 20.4 Å². The highest BCUT2D eigenvalue weighted by molar-refractivity contribution is 5.79. The fraction of sp³-hybridized carbons (Fsp3) is 0.889. The van der Waals surface area contributed by atoms with E-state index in [1.165, 1.54) is 12.8 Å². The summed E-state index contributed by atoms with van der Waals surface area (Å²) in [6, 6.07) is 0.811. The molecule has 24 heavy (non-hydrogen) atoms. The van der Waals surface area contributed by atoms with E-state index >= 15 is 0 Å². The molecular formula is C18H32N4O2. The summed E-state index contributed by atoms with van der Waals surface area (Å²) in [5, 5.41) is 6.24. The fourth-order valence-electron chi connectivity index (χ4n) is 3.69. The summed E-state index contributed by atoms with van der Waals surface area (Å²) in [4.78, 5) is 28.4. The van der Waals surface area contributed by atoms with E-state index < -0.39 is 0 Å². The third-order valence-corrected chi connectivity index (χ3v) is 5.52. The molecule has 6 nitrogen and oxygen atoms in total. The molecule has 0 aromatic rings. The van der Waals surface area contributed by atoms with Crippen molar-refractivity contribution in [2.45, 2.75) is 57.5 Å². The second-order valence-electron chi connectivity index (χ2n) is 7.92. The molecule has 0 spiro atoms. The molecule has 2 amide bonds. The van der Waals surface area contributed by atoms with E-state index in [1.54, 1.807) is 0 Å². The van der Waals surface area contributed by atoms with Gasteiger partial charge in [0.15, 0.2) is 0 Å². The minimum Gasteiger partial charge on any atom is -0.352 e. The van der Waals surface area contributed by atoms with Crippen LogP contribution in [-0.4, -0.2) is 73.0 Å². The number of hydrogen-bond donors (Lipinski definition) is 2. The average molecular weight is 336 g/mol. The van der Waals surface area contributed by atoms with E-state index in [2.05, 4.69) is 27.4 Å². The van der Waals surface area contributed by atoms with Gasteiger partial charge in [0, 0.05) is 38.3 Å². The highest BCUT2D eigenvalue weighted by Gasteiger charge is 2.26. The Morgan fingerprint density at radius 3 is 1.50 bits per heavy atom. The number of carbonyl (C=O) groups excluding carboxylic acids is 2. The van der Waals surface area contributed by atoms with Gasteiger partial charge in [0.2, 0.25) is 11.8 Å². The standard InChI is InChI=1S/C18H32N4O2/c1-14-2-4-15(5-3-14)19-17(23)12-21-8-10-22(11-9-21)13-18(24)20-16-6-7-16/h14-16H,2-13H2,1H3,(H,19,23)(H,20,24). The Bertz CT molecular complexity index is 436. The zero-order valence-electron chi connectivity index (χ0n) is 14.9. The van der Waals surface area contributed by atoms with Crippen molar-refractivity contribution in [2.24, 2.45) is 5.92 Å². The van der Waals surface area contributed by atoms with Gasteiger partial charge in [0.05, 0.1) is 13.1 Å². The first-order valence-corrected chi connectivity index (χ1v) is 9.62. The lowest BCUT2D eigenvalue weighted by Gasteiger charge is -2.34. The predicted molar refractivity (Wildman–Crippen MR) is 93.6 cm³/mol. The predicted octanol–water partition coefficient (Wildman–Crippen LogP) is 0.578. The number of carbonyl (C=O) groups is 2. The Hall–Kier alpha value is -1.14. The summed E-state index contributed by atoms with van der Waals surface area (Å²) in [5.74, 6) is 1.12. The molecule has 1 saturated heterocycles. The molecule has 136 valence electrons. The van der Waals surface area contributed by atoms with Gasteiger partial charge in [-0.3, -0.25) is 19.4 Å². The zero-order valence-corrected chi connectivity index (χ0v) is 14.9. The fourth-order valence-corrected chi connectivity index (χ4v) is 3.69. The molecule has 0 bridgehead atoms. The van der Waals surface area contributed by atoms with Crippen LogP contribution in [0.15, 0.2) is 0 Å². The maximum atomic E-state index is 12.2. The van der Waals surface area contributed by atoms with Gasteiger partial charge in [-0.05, 0) is 44.4 Å². The Morgan fingerprint density at radius 1 is 0.750 bits per heavy atom. The quantitative estimate of drug-likeness (QED) is 0.745. The first-order chi connectivity index (χ1) is 11.6. The van der Waals surface area contributed by atoms with Crippen LogP contribution in [0.5, 0.6) is 0 Å². The molecule has 0 aromatic heterocycles. The Balaban J connectivity index is 1.30. The third-order valence-electron chi connectivity index (χ3n) is 5.52. The molecule has 1 aliphatic heterocycles. The summed E-state index contributed by atoms with van der Waals surface area (Å²) < 4.78 is 0. The third kappa shape index (κ3) is 5.74. The lowest BCUT2D eigenvalue weighted by Crippen LogP contribution is -2.52. The number of piperazine rings is 1. The highest BCUT2D eigenvalue weighted by atomic mass is 16.2. The molecule has 3 rings (SSSR count). The number of rotatable bonds is 6. The molecule has 1 heterocycles. The smallest absolute Gasteiger partial charge is 0.234 e. The van der Waals surface area contributed by atoms with E-state index in [4.69, 9.17) is 0 Å². The van der Waals surface area contributed by atoms with Crippen molar-refractivity contribution in [1.29, 1.82) is 0 Å². The Morgan fingerprint density at radius 2 is 1.12 bits per heavy atom. The summed E-state index contributed by atoms with van der Waals surface area (Å²) in [7, 11) is 0. The second kappa shape index (κ2) is 8.30. The van der Waals surface area contributed by atoms with E-state index in [-0.39, 0.29) is 11.8 Å². The molecule has 2 aliphatic carbocycles. The highest BCUT2D eigenvalue weighted by Crippen LogP contribution is 2.23. The lowest BCUT2D eigenvalue weighted by atomic mass is 9.87. The van der Waals surface area contributed by atoms with Crippen LogP contribution in [0, 0.1) is 5.92 Å². The number of nitrogens with zero attached hydrogens (tertiary/aromatic N) is 2. The molecule has 0 radical (unpaired) electrons. The van der Waals surface area contributed by atoms with Crippen molar-refractivity contribution < 1.29 is 9.59 Å². The normalized spacial score (nSPS) is 29.2. The van der Waals surface area contributed by atoms with Crippen LogP contribution in [-0.2, 0) is 9.59 Å². The van der Waals surface area contributed by atoms with E-state index in [0.29, 0.717) is 25.2 Å². The van der Waals surface area contributed by atoms with E-state index in [1.807, 2.05) is 0 Å². The number of amides is 2. The first kappa shape index (κ1) is 17.7. The first-order valence-electron chi connectivity index (χ1n) is 9.62. The van der Waals surface area contributed by atoms with Gasteiger partial charge in [-0.2, -0.15) is 0 Å². The largest absolute Gasteiger partial charge is 0.352 e. The van der Waals surface area contributed by atoms with Crippen LogP contribution < -0.4 is 10.6 Å². The average Bonchev–Trinajstić information content (AvgIpc) is 3.35. The second-order valence-corrected chi connectivity index (χ2v) is 7.92. The van der Waals surface area contributed by atoms with Crippen molar-refractivity contribution in [3.05, 3.63) is 0 Å². The van der Waals surface area contributed by atoms with E-state index in [0.717, 1.165) is 57.8 Å². The van der Waals surface area contributed by atoms with Gasteiger partial charge in [-0.25, -0.2) is 0 Å². The molecule has 3 fully saturated rings. The monoisotopic (exact) mass is 336 g/mol.